The Morgan fingerprint density at radius 2 is 1.76 bits per heavy atom. The van der Waals surface area contributed by atoms with Crippen LogP contribution in [0.4, 0.5) is 11.4 Å². The summed E-state index contributed by atoms with van der Waals surface area (Å²) >= 11 is 1.73. The van der Waals surface area contributed by atoms with Gasteiger partial charge in [0.25, 0.3) is 0 Å². The minimum atomic E-state index is -0.940. The van der Waals surface area contributed by atoms with E-state index >= 15 is 0 Å². The van der Waals surface area contributed by atoms with Gasteiger partial charge >= 0.3 is 5.97 Å². The van der Waals surface area contributed by atoms with Gasteiger partial charge in [0.2, 0.25) is 5.91 Å². The van der Waals surface area contributed by atoms with Crippen LogP contribution in [-0.4, -0.2) is 23.0 Å². The summed E-state index contributed by atoms with van der Waals surface area (Å²) in [5, 5.41) is 16.2. The largest absolute Gasteiger partial charge is 0.478 e. The van der Waals surface area contributed by atoms with Crippen LogP contribution in [0.1, 0.15) is 42.2 Å². The lowest BCUT2D eigenvalue weighted by Gasteiger charge is -2.39. The van der Waals surface area contributed by atoms with E-state index in [4.69, 9.17) is 0 Å². The molecule has 0 saturated heterocycles. The molecule has 2 heterocycles. The molecule has 0 aliphatic carbocycles. The monoisotopic (exact) mass is 456 g/mol. The predicted octanol–water partition coefficient (Wildman–Crippen LogP) is 6.56. The number of fused-ring (bicyclic) bond motifs is 2. The van der Waals surface area contributed by atoms with Gasteiger partial charge in [0.05, 0.1) is 11.6 Å². The average molecular weight is 457 g/mol. The van der Waals surface area contributed by atoms with Crippen LogP contribution in [0.15, 0.2) is 72.1 Å². The van der Waals surface area contributed by atoms with Gasteiger partial charge in [-0.1, -0.05) is 18.2 Å². The first kappa shape index (κ1) is 21.2. The Morgan fingerprint density at radius 3 is 2.48 bits per heavy atom. The normalized spacial score (nSPS) is 17.6. The maximum Gasteiger partial charge on any atom is 0.335 e. The van der Waals surface area contributed by atoms with Crippen LogP contribution in [0.25, 0.3) is 21.2 Å². The summed E-state index contributed by atoms with van der Waals surface area (Å²) in [6, 6.07) is 21.7. The third kappa shape index (κ3) is 3.98. The molecule has 0 saturated carbocycles. The topological polar surface area (TPSA) is 69.6 Å². The van der Waals surface area contributed by atoms with Gasteiger partial charge in [-0.05, 0) is 89.3 Å². The molecule has 1 aliphatic rings. The van der Waals surface area contributed by atoms with Crippen LogP contribution < -0.4 is 10.2 Å². The fourth-order valence-corrected chi connectivity index (χ4v) is 5.49. The lowest BCUT2D eigenvalue weighted by Crippen LogP contribution is -2.43. The number of benzene rings is 3. The lowest BCUT2D eigenvalue weighted by atomic mass is 9.88. The first-order valence-electron chi connectivity index (χ1n) is 10.9. The number of hydrogen-bond acceptors (Lipinski definition) is 4. The number of rotatable bonds is 4. The van der Waals surface area contributed by atoms with E-state index in [2.05, 4.69) is 48.0 Å². The van der Waals surface area contributed by atoms with Crippen LogP contribution in [0.3, 0.4) is 0 Å². The van der Waals surface area contributed by atoms with Crippen molar-refractivity contribution in [3.8, 4) is 11.1 Å². The molecule has 3 aromatic carbocycles. The van der Waals surface area contributed by atoms with E-state index in [1.807, 2.05) is 29.2 Å². The van der Waals surface area contributed by atoms with Gasteiger partial charge in [-0.3, -0.25) is 4.79 Å². The fraction of sp³-hybridized carbons (Fsp3) is 0.185. The van der Waals surface area contributed by atoms with Crippen LogP contribution in [-0.2, 0) is 4.79 Å². The molecule has 0 spiro atoms. The number of nitrogens with one attached hydrogen (secondary N) is 1. The molecule has 6 heteroatoms. The molecule has 2 atom stereocenters. The van der Waals surface area contributed by atoms with Gasteiger partial charge in [0.1, 0.15) is 0 Å². The number of carbonyl (C=O) groups is 2. The van der Waals surface area contributed by atoms with Crippen molar-refractivity contribution in [1.82, 2.24) is 0 Å². The van der Waals surface area contributed by atoms with E-state index in [0.29, 0.717) is 0 Å². The molecule has 0 radical (unpaired) electrons. The van der Waals surface area contributed by atoms with Gasteiger partial charge < -0.3 is 15.3 Å². The average Bonchev–Trinajstić information content (AvgIpc) is 3.26. The van der Waals surface area contributed by atoms with Crippen molar-refractivity contribution >= 4 is 44.7 Å². The number of anilines is 2. The van der Waals surface area contributed by atoms with Gasteiger partial charge in [-0.25, -0.2) is 4.79 Å². The number of carbonyl (C=O) groups excluding carboxylic acids is 1. The molecule has 0 unspecified atom stereocenters. The zero-order valence-corrected chi connectivity index (χ0v) is 19.2. The van der Waals surface area contributed by atoms with Crippen molar-refractivity contribution < 1.29 is 14.7 Å². The van der Waals surface area contributed by atoms with Gasteiger partial charge in [0.15, 0.2) is 0 Å². The minimum Gasteiger partial charge on any atom is -0.478 e. The van der Waals surface area contributed by atoms with Gasteiger partial charge in [-0.15, -0.1) is 11.3 Å². The van der Waals surface area contributed by atoms with E-state index in [1.54, 1.807) is 30.4 Å². The molecule has 33 heavy (non-hydrogen) atoms. The standard InChI is InChI=1S/C27H24N2O3S/c1-16-13-24(28-22-8-10-26-21(14-22)11-12-33-26)23-15-20(7-9-25(23)29(16)17(2)30)18-3-5-19(6-4-18)27(31)32/h3-12,14-16,24,28H,13H2,1-2H3,(H,31,32)/t16-,24+/m0/s1. The number of carboxylic acids is 1. The molecule has 5 rings (SSSR count). The first-order chi connectivity index (χ1) is 15.9. The molecule has 1 amide bonds. The lowest BCUT2D eigenvalue weighted by molar-refractivity contribution is -0.117. The van der Waals surface area contributed by atoms with Crippen molar-refractivity contribution in [3.63, 3.8) is 0 Å². The number of hydrogen-bond donors (Lipinski definition) is 2. The van der Waals surface area contributed by atoms with Crippen molar-refractivity contribution in [1.29, 1.82) is 0 Å². The molecular formula is C27H24N2O3S. The highest BCUT2D eigenvalue weighted by atomic mass is 32.1. The van der Waals surface area contributed by atoms with Crippen molar-refractivity contribution in [2.45, 2.75) is 32.4 Å². The molecule has 1 aliphatic heterocycles. The van der Waals surface area contributed by atoms with Crippen LogP contribution in [0.2, 0.25) is 0 Å². The number of amides is 1. The Kier molecular flexibility index (Phi) is 5.38. The second-order valence-corrected chi connectivity index (χ2v) is 9.45. The third-order valence-corrected chi connectivity index (χ3v) is 7.18. The summed E-state index contributed by atoms with van der Waals surface area (Å²) in [6.45, 7) is 3.69. The second kappa shape index (κ2) is 8.37. The maximum atomic E-state index is 12.5. The van der Waals surface area contributed by atoms with Crippen molar-refractivity contribution in [2.75, 3.05) is 10.2 Å². The van der Waals surface area contributed by atoms with Gasteiger partial charge in [-0.2, -0.15) is 0 Å². The summed E-state index contributed by atoms with van der Waals surface area (Å²) in [5.41, 5.74) is 5.22. The molecule has 1 aromatic heterocycles. The molecule has 4 aromatic rings. The van der Waals surface area contributed by atoms with Crippen LogP contribution >= 0.6 is 11.3 Å². The highest BCUT2D eigenvalue weighted by Crippen LogP contribution is 2.41. The maximum absolute atomic E-state index is 12.5. The summed E-state index contributed by atoms with van der Waals surface area (Å²) in [4.78, 5) is 25.5. The Hall–Kier alpha value is -3.64. The number of thiophene rings is 1. The molecular weight excluding hydrogens is 432 g/mol. The van der Waals surface area contributed by atoms with E-state index in [1.165, 1.54) is 10.1 Å². The van der Waals surface area contributed by atoms with Gasteiger partial charge in [0, 0.05) is 29.0 Å². The fourth-order valence-electron chi connectivity index (χ4n) is 4.72. The van der Waals surface area contributed by atoms with E-state index in [-0.39, 0.29) is 23.6 Å². The highest BCUT2D eigenvalue weighted by Gasteiger charge is 2.32. The Bertz CT molecular complexity index is 1360. The van der Waals surface area contributed by atoms with Crippen molar-refractivity contribution in [3.05, 3.63) is 83.2 Å². The Labute approximate surface area is 196 Å². The Morgan fingerprint density at radius 1 is 1.00 bits per heavy atom. The predicted molar refractivity (Wildman–Crippen MR) is 134 cm³/mol. The SMILES string of the molecule is CC(=O)N1c2ccc(-c3ccc(C(=O)O)cc3)cc2[C@H](Nc2ccc3sccc3c2)C[C@@H]1C. The van der Waals surface area contributed by atoms with E-state index in [9.17, 15) is 14.7 Å². The smallest absolute Gasteiger partial charge is 0.335 e. The zero-order chi connectivity index (χ0) is 23.1. The highest BCUT2D eigenvalue weighted by molar-refractivity contribution is 7.17. The summed E-state index contributed by atoms with van der Waals surface area (Å²) in [5.74, 6) is -0.912. The van der Waals surface area contributed by atoms with Crippen molar-refractivity contribution in [2.24, 2.45) is 0 Å². The van der Waals surface area contributed by atoms with E-state index < -0.39 is 5.97 Å². The number of aromatic carboxylic acids is 1. The van der Waals surface area contributed by atoms with Crippen LogP contribution in [0, 0.1) is 0 Å². The Balaban J connectivity index is 1.55. The molecule has 0 fully saturated rings. The second-order valence-electron chi connectivity index (χ2n) is 8.50. The molecule has 5 nitrogen and oxygen atoms in total. The third-order valence-electron chi connectivity index (χ3n) is 6.28. The number of carboxylic acid groups (broad SMARTS) is 1. The molecule has 166 valence electrons. The first-order valence-corrected chi connectivity index (χ1v) is 11.8. The quantitative estimate of drug-likeness (QED) is 0.365. The van der Waals surface area contributed by atoms with E-state index in [0.717, 1.165) is 34.5 Å². The molecule has 0 bridgehead atoms. The molecule has 2 N–H and O–H groups in total. The summed E-state index contributed by atoms with van der Waals surface area (Å²) in [7, 11) is 0. The summed E-state index contributed by atoms with van der Waals surface area (Å²) in [6.07, 6.45) is 0.787. The number of nitrogens with zero attached hydrogens (tertiary/aromatic N) is 1. The zero-order valence-electron chi connectivity index (χ0n) is 18.4. The summed E-state index contributed by atoms with van der Waals surface area (Å²) < 4.78 is 1.26. The minimum absolute atomic E-state index is 0.0282. The van der Waals surface area contributed by atoms with Crippen LogP contribution in [0.5, 0.6) is 0 Å².